The summed E-state index contributed by atoms with van der Waals surface area (Å²) in [7, 11) is 0. The molecule has 0 unspecified atom stereocenters. The molecule has 19 heavy (non-hydrogen) atoms. The van der Waals surface area contributed by atoms with E-state index in [0.29, 0.717) is 19.5 Å². The Labute approximate surface area is 116 Å². The lowest BCUT2D eigenvalue weighted by Crippen LogP contribution is -2.45. The SMILES string of the molecule is CC(C)(C)CN(CCCO)C(=O)NOC1CCCC1. The highest BCUT2D eigenvalue weighted by Crippen LogP contribution is 2.20. The molecule has 1 fully saturated rings. The summed E-state index contributed by atoms with van der Waals surface area (Å²) in [6, 6.07) is -0.199. The zero-order valence-electron chi connectivity index (χ0n) is 12.4. The number of aliphatic hydroxyl groups is 1. The van der Waals surface area contributed by atoms with Crippen LogP contribution in [0.2, 0.25) is 0 Å². The normalized spacial score (nSPS) is 16.6. The Morgan fingerprint density at radius 2 is 2.00 bits per heavy atom. The van der Waals surface area contributed by atoms with Crippen LogP contribution in [0.25, 0.3) is 0 Å². The minimum atomic E-state index is -0.199. The maximum atomic E-state index is 12.1. The van der Waals surface area contributed by atoms with Crippen molar-refractivity contribution >= 4 is 6.03 Å². The van der Waals surface area contributed by atoms with Crippen molar-refractivity contribution in [3.8, 4) is 0 Å². The van der Waals surface area contributed by atoms with E-state index >= 15 is 0 Å². The number of aliphatic hydroxyl groups excluding tert-OH is 1. The van der Waals surface area contributed by atoms with Gasteiger partial charge in [-0.25, -0.2) is 10.3 Å². The van der Waals surface area contributed by atoms with Gasteiger partial charge in [0, 0.05) is 19.7 Å². The van der Waals surface area contributed by atoms with Gasteiger partial charge in [-0.1, -0.05) is 33.6 Å². The van der Waals surface area contributed by atoms with Crippen molar-refractivity contribution in [2.45, 2.75) is 59.0 Å². The van der Waals surface area contributed by atoms with Gasteiger partial charge in [-0.05, 0) is 24.7 Å². The van der Waals surface area contributed by atoms with Gasteiger partial charge in [0.2, 0.25) is 0 Å². The van der Waals surface area contributed by atoms with Crippen molar-refractivity contribution in [3.63, 3.8) is 0 Å². The summed E-state index contributed by atoms with van der Waals surface area (Å²) in [5.74, 6) is 0. The van der Waals surface area contributed by atoms with Gasteiger partial charge in [0.25, 0.3) is 0 Å². The maximum Gasteiger partial charge on any atom is 0.341 e. The van der Waals surface area contributed by atoms with Gasteiger partial charge in [-0.3, -0.25) is 4.84 Å². The minimum Gasteiger partial charge on any atom is -0.396 e. The molecule has 0 aromatic heterocycles. The van der Waals surface area contributed by atoms with E-state index in [1.807, 2.05) is 0 Å². The molecule has 0 spiro atoms. The van der Waals surface area contributed by atoms with Crippen LogP contribution in [0.15, 0.2) is 0 Å². The molecule has 0 bridgehead atoms. The first-order valence-corrected chi connectivity index (χ1v) is 7.24. The number of rotatable bonds is 6. The molecule has 2 N–H and O–H groups in total. The third kappa shape index (κ3) is 6.78. The maximum absolute atomic E-state index is 12.1. The standard InChI is InChI=1S/C14H28N2O3/c1-14(2,3)11-16(9-6-10-17)13(18)15-19-12-7-4-5-8-12/h12,17H,4-11H2,1-3H3,(H,15,18). The van der Waals surface area contributed by atoms with Gasteiger partial charge in [0.1, 0.15) is 0 Å². The first-order valence-electron chi connectivity index (χ1n) is 7.24. The summed E-state index contributed by atoms with van der Waals surface area (Å²) in [5, 5.41) is 8.91. The molecule has 2 amide bonds. The molecular weight excluding hydrogens is 244 g/mol. The number of urea groups is 1. The summed E-state index contributed by atoms with van der Waals surface area (Å²) < 4.78 is 0. The second-order valence-corrected chi connectivity index (χ2v) is 6.49. The van der Waals surface area contributed by atoms with Crippen LogP contribution >= 0.6 is 0 Å². The van der Waals surface area contributed by atoms with E-state index in [-0.39, 0.29) is 24.2 Å². The van der Waals surface area contributed by atoms with Crippen LogP contribution in [-0.2, 0) is 4.84 Å². The molecule has 0 aromatic carbocycles. The monoisotopic (exact) mass is 272 g/mol. The Morgan fingerprint density at radius 3 is 2.53 bits per heavy atom. The number of hydroxylamine groups is 1. The van der Waals surface area contributed by atoms with Gasteiger partial charge >= 0.3 is 6.03 Å². The van der Waals surface area contributed by atoms with Gasteiger partial charge < -0.3 is 10.0 Å². The summed E-state index contributed by atoms with van der Waals surface area (Å²) in [4.78, 5) is 19.2. The van der Waals surface area contributed by atoms with Crippen LogP contribution in [0.1, 0.15) is 52.9 Å². The van der Waals surface area contributed by atoms with Crippen LogP contribution in [0, 0.1) is 5.41 Å². The Kier molecular flexibility index (Phi) is 6.58. The lowest BCUT2D eigenvalue weighted by atomic mass is 9.96. The Hall–Kier alpha value is -0.810. The van der Waals surface area contributed by atoms with E-state index in [1.165, 1.54) is 12.8 Å². The number of carbonyl (C=O) groups excluding carboxylic acids is 1. The predicted molar refractivity (Wildman–Crippen MR) is 74.6 cm³/mol. The Bertz CT molecular complexity index is 270. The van der Waals surface area contributed by atoms with Crippen LogP contribution in [0.4, 0.5) is 4.79 Å². The van der Waals surface area contributed by atoms with Gasteiger partial charge in [-0.2, -0.15) is 0 Å². The molecule has 0 heterocycles. The Morgan fingerprint density at radius 1 is 1.37 bits per heavy atom. The topological polar surface area (TPSA) is 61.8 Å². The van der Waals surface area contributed by atoms with E-state index in [4.69, 9.17) is 9.94 Å². The molecule has 0 atom stereocenters. The van der Waals surface area contributed by atoms with Crippen LogP contribution < -0.4 is 5.48 Å². The molecule has 5 heteroatoms. The van der Waals surface area contributed by atoms with E-state index in [0.717, 1.165) is 12.8 Å². The molecule has 0 saturated heterocycles. The highest BCUT2D eigenvalue weighted by Gasteiger charge is 2.22. The van der Waals surface area contributed by atoms with Crippen molar-refractivity contribution in [2.24, 2.45) is 5.41 Å². The molecule has 0 aromatic rings. The number of hydrogen-bond acceptors (Lipinski definition) is 3. The van der Waals surface area contributed by atoms with E-state index in [1.54, 1.807) is 4.90 Å². The number of amides is 2. The van der Waals surface area contributed by atoms with Crippen molar-refractivity contribution in [3.05, 3.63) is 0 Å². The molecule has 1 aliphatic carbocycles. The zero-order chi connectivity index (χ0) is 14.3. The highest BCUT2D eigenvalue weighted by atomic mass is 16.7. The molecule has 0 radical (unpaired) electrons. The first-order chi connectivity index (χ1) is 8.92. The number of nitrogens with one attached hydrogen (secondary N) is 1. The fraction of sp³-hybridized carbons (Fsp3) is 0.929. The zero-order valence-corrected chi connectivity index (χ0v) is 12.4. The number of hydrogen-bond donors (Lipinski definition) is 2. The second-order valence-electron chi connectivity index (χ2n) is 6.49. The quantitative estimate of drug-likeness (QED) is 0.729. The molecule has 112 valence electrons. The van der Waals surface area contributed by atoms with Crippen LogP contribution in [0.3, 0.4) is 0 Å². The van der Waals surface area contributed by atoms with Gasteiger partial charge in [0.05, 0.1) is 6.10 Å². The van der Waals surface area contributed by atoms with Crippen molar-refractivity contribution in [1.29, 1.82) is 0 Å². The molecule has 1 aliphatic rings. The molecular formula is C14H28N2O3. The third-order valence-electron chi connectivity index (χ3n) is 3.15. The molecule has 5 nitrogen and oxygen atoms in total. The van der Waals surface area contributed by atoms with Gasteiger partial charge in [0.15, 0.2) is 0 Å². The first kappa shape index (κ1) is 16.2. The largest absolute Gasteiger partial charge is 0.396 e. The van der Waals surface area contributed by atoms with E-state index < -0.39 is 0 Å². The fourth-order valence-corrected chi connectivity index (χ4v) is 2.29. The average molecular weight is 272 g/mol. The summed E-state index contributed by atoms with van der Waals surface area (Å²) in [6.45, 7) is 7.55. The van der Waals surface area contributed by atoms with Crippen molar-refractivity contribution in [2.75, 3.05) is 19.7 Å². The molecule has 1 rings (SSSR count). The smallest absolute Gasteiger partial charge is 0.341 e. The van der Waals surface area contributed by atoms with E-state index in [9.17, 15) is 4.79 Å². The molecule has 0 aliphatic heterocycles. The number of nitrogens with zero attached hydrogens (tertiary/aromatic N) is 1. The van der Waals surface area contributed by atoms with Crippen LogP contribution in [-0.4, -0.2) is 41.8 Å². The summed E-state index contributed by atoms with van der Waals surface area (Å²) in [5.41, 5.74) is 2.59. The third-order valence-corrected chi connectivity index (χ3v) is 3.15. The van der Waals surface area contributed by atoms with Gasteiger partial charge in [-0.15, -0.1) is 0 Å². The van der Waals surface area contributed by atoms with Crippen LogP contribution in [0.5, 0.6) is 0 Å². The predicted octanol–water partition coefficient (Wildman–Crippen LogP) is 2.30. The highest BCUT2D eigenvalue weighted by molar-refractivity contribution is 5.73. The summed E-state index contributed by atoms with van der Waals surface area (Å²) >= 11 is 0. The number of carbonyl (C=O) groups is 1. The second kappa shape index (κ2) is 7.70. The van der Waals surface area contributed by atoms with E-state index in [2.05, 4.69) is 26.3 Å². The lowest BCUT2D eigenvalue weighted by Gasteiger charge is -2.30. The Balaban J connectivity index is 2.40. The minimum absolute atomic E-state index is 0.0279. The van der Waals surface area contributed by atoms with Crippen molar-refractivity contribution < 1.29 is 14.7 Å². The lowest BCUT2D eigenvalue weighted by molar-refractivity contribution is -0.0101. The van der Waals surface area contributed by atoms with Crippen molar-refractivity contribution in [1.82, 2.24) is 10.4 Å². The average Bonchev–Trinajstić information content (AvgIpc) is 2.83. The summed E-state index contributed by atoms with van der Waals surface area (Å²) in [6.07, 6.45) is 5.16. The fourth-order valence-electron chi connectivity index (χ4n) is 2.29. The molecule has 1 saturated carbocycles.